The lowest BCUT2D eigenvalue weighted by Crippen LogP contribution is -2.22. The summed E-state index contributed by atoms with van der Waals surface area (Å²) in [5.74, 6) is 0.326. The average Bonchev–Trinajstić information content (AvgIpc) is 2.81. The minimum absolute atomic E-state index is 0.0532. The first-order chi connectivity index (χ1) is 16.3. The molecule has 3 aromatic rings. The average molecular weight is 544 g/mol. The Morgan fingerprint density at radius 1 is 0.941 bits per heavy atom. The predicted octanol–water partition coefficient (Wildman–Crippen LogP) is 7.53. The molecule has 4 nitrogen and oxygen atoms in total. The summed E-state index contributed by atoms with van der Waals surface area (Å²) in [7, 11) is -1.86. The van der Waals surface area contributed by atoms with Crippen LogP contribution in [0, 0.1) is 0 Å². The first kappa shape index (κ1) is 25.4. The number of hydrogen-bond acceptors (Lipinski definition) is 5. The van der Waals surface area contributed by atoms with Crippen molar-refractivity contribution in [2.24, 2.45) is 0 Å². The fraction of sp³-hybridized carbons (Fsp3) is 0.261. The second-order valence-electron chi connectivity index (χ2n) is 7.55. The molecule has 2 heterocycles. The Kier molecular flexibility index (Phi) is 8.47. The largest absolute Gasteiger partial charge is 0.416 e. The quantitative estimate of drug-likeness (QED) is 0.312. The van der Waals surface area contributed by atoms with Gasteiger partial charge in [0.15, 0.2) is 11.0 Å². The van der Waals surface area contributed by atoms with Crippen LogP contribution in [0.15, 0.2) is 80.4 Å². The molecule has 4 rings (SSSR count). The molecule has 0 amide bonds. The van der Waals surface area contributed by atoms with Crippen LogP contribution in [-0.2, 0) is 17.2 Å². The molecule has 0 bridgehead atoms. The van der Waals surface area contributed by atoms with Crippen LogP contribution in [0.3, 0.4) is 0 Å². The minimum Gasteiger partial charge on any atom is -0.285 e. The van der Waals surface area contributed by atoms with Gasteiger partial charge in [0.1, 0.15) is 5.82 Å². The van der Waals surface area contributed by atoms with Gasteiger partial charge in [-0.1, -0.05) is 29.8 Å². The van der Waals surface area contributed by atoms with Gasteiger partial charge in [-0.25, -0.2) is 13.5 Å². The van der Waals surface area contributed by atoms with Gasteiger partial charge in [-0.15, -0.1) is 0 Å². The van der Waals surface area contributed by atoms with Crippen molar-refractivity contribution < 1.29 is 17.4 Å². The highest BCUT2D eigenvalue weighted by Gasteiger charge is 2.31. The Morgan fingerprint density at radius 3 is 2.24 bits per heavy atom. The van der Waals surface area contributed by atoms with Crippen LogP contribution >= 0.6 is 35.3 Å². The second-order valence-corrected chi connectivity index (χ2v) is 11.5. The Bertz CT molecular complexity index is 1140. The molecule has 2 aromatic carbocycles. The monoisotopic (exact) mass is 543 g/mol. The molecule has 1 saturated heterocycles. The summed E-state index contributed by atoms with van der Waals surface area (Å²) in [6.45, 7) is 2.26. The molecule has 34 heavy (non-hydrogen) atoms. The zero-order valence-electron chi connectivity index (χ0n) is 17.8. The first-order valence-corrected chi connectivity index (χ1v) is 13.6. The fourth-order valence-corrected chi connectivity index (χ4v) is 6.31. The molecule has 0 saturated carbocycles. The van der Waals surface area contributed by atoms with E-state index in [2.05, 4.69) is 38.3 Å². The molecule has 1 aliphatic heterocycles. The fourth-order valence-electron chi connectivity index (χ4n) is 3.29. The topological polar surface area (TPSA) is 45.2 Å². The Labute approximate surface area is 212 Å². The summed E-state index contributed by atoms with van der Waals surface area (Å²) in [5.41, 5.74) is -0.893. The standard InChI is InChI=1S/C23H21ClF3N3OS3/c24-20-14-16(23(25,26)27)4-10-21(20)34(31)29-22-11-9-19(15-28-22)32-17-5-7-18(8-6-17)33-30-12-2-1-3-13-30/h4-11,14-15H,1-3,12-13H2,(H,28,29). The number of benzene rings is 2. The van der Waals surface area contributed by atoms with Crippen LogP contribution in [0.4, 0.5) is 19.0 Å². The van der Waals surface area contributed by atoms with Crippen molar-refractivity contribution in [2.45, 2.75) is 45.0 Å². The van der Waals surface area contributed by atoms with Crippen LogP contribution in [0.1, 0.15) is 24.8 Å². The van der Waals surface area contributed by atoms with Gasteiger partial charge in [0.2, 0.25) is 0 Å². The van der Waals surface area contributed by atoms with Crippen molar-refractivity contribution >= 4 is 52.1 Å². The van der Waals surface area contributed by atoms with E-state index in [9.17, 15) is 17.4 Å². The molecule has 1 fully saturated rings. The van der Waals surface area contributed by atoms with Crippen LogP contribution in [0.5, 0.6) is 0 Å². The van der Waals surface area contributed by atoms with E-state index in [-0.39, 0.29) is 9.92 Å². The second kappa shape index (κ2) is 11.3. The molecule has 0 aliphatic carbocycles. The molecule has 180 valence electrons. The lowest BCUT2D eigenvalue weighted by molar-refractivity contribution is -0.137. The summed E-state index contributed by atoms with van der Waals surface area (Å²) in [6, 6.07) is 14.6. The Morgan fingerprint density at radius 2 is 1.62 bits per heavy atom. The molecule has 11 heteroatoms. The summed E-state index contributed by atoms with van der Waals surface area (Å²) >= 11 is 9.27. The normalized spacial score (nSPS) is 15.8. The van der Waals surface area contributed by atoms with Gasteiger partial charge in [-0.05, 0) is 79.4 Å². The number of hydrogen-bond donors (Lipinski definition) is 1. The maximum atomic E-state index is 12.8. The third-order valence-electron chi connectivity index (χ3n) is 5.00. The molecule has 1 unspecified atom stereocenters. The van der Waals surface area contributed by atoms with Crippen molar-refractivity contribution in [2.75, 3.05) is 17.8 Å². The number of halogens is 4. The van der Waals surface area contributed by atoms with E-state index < -0.39 is 22.7 Å². The zero-order valence-corrected chi connectivity index (χ0v) is 21.1. The van der Waals surface area contributed by atoms with E-state index in [1.807, 2.05) is 6.07 Å². The number of rotatable bonds is 7. The van der Waals surface area contributed by atoms with Gasteiger partial charge in [0.25, 0.3) is 0 Å². The third kappa shape index (κ3) is 6.91. The van der Waals surface area contributed by atoms with E-state index in [4.69, 9.17) is 11.6 Å². The molecule has 0 spiro atoms. The molecule has 0 radical (unpaired) electrons. The number of nitrogens with one attached hydrogen (secondary N) is 1. The molecule has 1 aliphatic rings. The number of piperidine rings is 1. The van der Waals surface area contributed by atoms with Gasteiger partial charge >= 0.3 is 6.18 Å². The van der Waals surface area contributed by atoms with E-state index >= 15 is 0 Å². The smallest absolute Gasteiger partial charge is 0.285 e. The maximum absolute atomic E-state index is 12.8. The lowest BCUT2D eigenvalue weighted by atomic mass is 10.2. The van der Waals surface area contributed by atoms with Gasteiger partial charge in [-0.3, -0.25) is 4.72 Å². The lowest BCUT2D eigenvalue weighted by Gasteiger charge is -2.25. The number of anilines is 1. The molecule has 1 N–H and O–H groups in total. The molecule has 1 atom stereocenters. The van der Waals surface area contributed by atoms with Gasteiger partial charge in [0.05, 0.1) is 15.5 Å². The van der Waals surface area contributed by atoms with Crippen molar-refractivity contribution in [1.29, 1.82) is 0 Å². The molecular formula is C23H21ClF3N3OS3. The Balaban J connectivity index is 1.33. The van der Waals surface area contributed by atoms with Crippen molar-refractivity contribution in [1.82, 2.24) is 9.29 Å². The zero-order chi connectivity index (χ0) is 24.1. The van der Waals surface area contributed by atoms with Crippen molar-refractivity contribution in [3.63, 3.8) is 0 Å². The van der Waals surface area contributed by atoms with Crippen molar-refractivity contribution in [3.8, 4) is 0 Å². The minimum atomic E-state index is -4.52. The first-order valence-electron chi connectivity index (χ1n) is 10.5. The summed E-state index contributed by atoms with van der Waals surface area (Å²) in [4.78, 5) is 7.51. The number of pyridine rings is 1. The molecular weight excluding hydrogens is 523 g/mol. The van der Waals surface area contributed by atoms with Crippen molar-refractivity contribution in [3.05, 3.63) is 71.4 Å². The summed E-state index contributed by atoms with van der Waals surface area (Å²) in [5, 5.41) is -0.227. The van der Waals surface area contributed by atoms with Gasteiger partial charge in [0, 0.05) is 34.0 Å². The van der Waals surface area contributed by atoms with Crippen LogP contribution < -0.4 is 4.72 Å². The predicted molar refractivity (Wildman–Crippen MR) is 133 cm³/mol. The maximum Gasteiger partial charge on any atom is 0.416 e. The highest BCUT2D eigenvalue weighted by Crippen LogP contribution is 2.34. The van der Waals surface area contributed by atoms with Crippen LogP contribution in [0.2, 0.25) is 5.02 Å². The number of aromatic nitrogens is 1. The molecule has 1 aromatic heterocycles. The van der Waals surface area contributed by atoms with Crippen LogP contribution in [-0.4, -0.2) is 26.6 Å². The van der Waals surface area contributed by atoms with Gasteiger partial charge in [-0.2, -0.15) is 13.2 Å². The van der Waals surface area contributed by atoms with E-state index in [1.54, 1.807) is 36.0 Å². The number of alkyl halides is 3. The van der Waals surface area contributed by atoms with Gasteiger partial charge < -0.3 is 0 Å². The third-order valence-corrected chi connectivity index (χ3v) is 8.67. The van der Waals surface area contributed by atoms with E-state index in [0.29, 0.717) is 5.82 Å². The summed E-state index contributed by atoms with van der Waals surface area (Å²) in [6.07, 6.45) is 0.953. The van der Waals surface area contributed by atoms with Crippen LogP contribution in [0.25, 0.3) is 0 Å². The highest BCUT2D eigenvalue weighted by atomic mass is 35.5. The number of nitrogens with zero attached hydrogens (tertiary/aromatic N) is 2. The SMILES string of the molecule is O=S(Nc1ccc(Sc2ccc(SN3CCCCC3)cc2)cn1)c1ccc(C(F)(F)F)cc1Cl. The highest BCUT2D eigenvalue weighted by molar-refractivity contribution is 7.99. The Hall–Kier alpha value is -1.72. The van der Waals surface area contributed by atoms with E-state index in [1.165, 1.54) is 24.2 Å². The van der Waals surface area contributed by atoms with E-state index in [0.717, 1.165) is 41.1 Å². The summed E-state index contributed by atoms with van der Waals surface area (Å²) < 4.78 is 56.0.